The Hall–Kier alpha value is -2.35. The molecule has 0 aromatic carbocycles. The number of amides is 2. The molecule has 2 aromatic heterocycles. The maximum Gasteiger partial charge on any atom is 0.341 e. The number of esters is 1. The zero-order valence-corrected chi connectivity index (χ0v) is 17.8. The summed E-state index contributed by atoms with van der Waals surface area (Å²) in [6.45, 7) is 2.75. The first-order valence-electron chi connectivity index (χ1n) is 10.4. The van der Waals surface area contributed by atoms with E-state index in [0.29, 0.717) is 17.1 Å². The summed E-state index contributed by atoms with van der Waals surface area (Å²) in [6.07, 6.45) is 7.58. The lowest BCUT2D eigenvalue weighted by Crippen LogP contribution is -2.34. The molecule has 7 nitrogen and oxygen atoms in total. The van der Waals surface area contributed by atoms with Gasteiger partial charge in [0.05, 0.1) is 18.7 Å². The van der Waals surface area contributed by atoms with E-state index in [2.05, 4.69) is 17.4 Å². The Kier molecular flexibility index (Phi) is 5.89. The number of likely N-dealkylation sites (tertiary alicyclic amines) is 1. The number of hydrogen-bond acceptors (Lipinski definition) is 6. The number of urea groups is 1. The molecule has 1 aliphatic carbocycles. The Balaban J connectivity index is 1.55. The number of rotatable bonds is 5. The fraction of sp³-hybridized carbons (Fsp3) is 0.571. The van der Waals surface area contributed by atoms with Crippen molar-refractivity contribution in [3.63, 3.8) is 0 Å². The highest BCUT2D eigenvalue weighted by Crippen LogP contribution is 2.39. The third-order valence-electron chi connectivity index (χ3n) is 5.71. The van der Waals surface area contributed by atoms with Gasteiger partial charge in [-0.05, 0) is 50.5 Å². The Morgan fingerprint density at radius 1 is 1.34 bits per heavy atom. The second-order valence-corrected chi connectivity index (χ2v) is 8.76. The number of nitrogens with zero attached hydrogens (tertiary/aromatic N) is 2. The van der Waals surface area contributed by atoms with Gasteiger partial charge in [0, 0.05) is 23.9 Å². The first-order valence-corrected chi connectivity index (χ1v) is 11.2. The summed E-state index contributed by atoms with van der Waals surface area (Å²) in [4.78, 5) is 28.5. The summed E-state index contributed by atoms with van der Waals surface area (Å²) < 4.78 is 10.4. The molecule has 156 valence electrons. The van der Waals surface area contributed by atoms with Crippen LogP contribution in [0.5, 0.6) is 0 Å². The van der Waals surface area contributed by atoms with Crippen LogP contribution in [-0.4, -0.2) is 35.7 Å². The molecule has 2 aromatic rings. The zero-order valence-electron chi connectivity index (χ0n) is 17.0. The molecule has 8 heteroatoms. The maximum absolute atomic E-state index is 13.1. The molecule has 4 rings (SSSR count). The van der Waals surface area contributed by atoms with Crippen molar-refractivity contribution in [1.82, 2.24) is 10.1 Å². The first kappa shape index (κ1) is 19.9. The Morgan fingerprint density at radius 3 is 2.97 bits per heavy atom. The van der Waals surface area contributed by atoms with Crippen molar-refractivity contribution in [1.29, 1.82) is 0 Å². The van der Waals surface area contributed by atoms with Gasteiger partial charge in [0.25, 0.3) is 0 Å². The molecule has 1 aliphatic heterocycles. The summed E-state index contributed by atoms with van der Waals surface area (Å²) in [7, 11) is 1.38. The average molecular weight is 418 g/mol. The van der Waals surface area contributed by atoms with Gasteiger partial charge in [-0.2, -0.15) is 0 Å². The van der Waals surface area contributed by atoms with Gasteiger partial charge in [-0.15, -0.1) is 11.3 Å². The van der Waals surface area contributed by atoms with Gasteiger partial charge in [0.2, 0.25) is 0 Å². The summed E-state index contributed by atoms with van der Waals surface area (Å²) in [6, 6.07) is 1.67. The number of aryl methyl sites for hydroxylation is 2. The van der Waals surface area contributed by atoms with Crippen LogP contribution in [0, 0.1) is 0 Å². The van der Waals surface area contributed by atoms with Crippen LogP contribution in [0.25, 0.3) is 0 Å². The Bertz CT molecular complexity index is 904. The van der Waals surface area contributed by atoms with Crippen molar-refractivity contribution in [2.75, 3.05) is 19.0 Å². The van der Waals surface area contributed by atoms with Crippen LogP contribution in [0.2, 0.25) is 0 Å². The van der Waals surface area contributed by atoms with Gasteiger partial charge >= 0.3 is 12.0 Å². The number of anilines is 1. The standard InChI is InChI=1S/C21H27N3O4S/c1-3-7-13-12-15(23-28-13)16-9-6-11-24(16)21(26)22-19-18(20(25)27-2)14-8-4-5-10-17(14)29-19/h12,16H,3-11H2,1-2H3,(H,22,26). The van der Waals surface area contributed by atoms with E-state index in [4.69, 9.17) is 9.26 Å². The minimum Gasteiger partial charge on any atom is -0.465 e. The van der Waals surface area contributed by atoms with Crippen molar-refractivity contribution in [2.45, 2.75) is 64.3 Å². The zero-order chi connectivity index (χ0) is 20.4. The highest BCUT2D eigenvalue weighted by molar-refractivity contribution is 7.17. The molecular formula is C21H27N3O4S. The predicted molar refractivity (Wildman–Crippen MR) is 110 cm³/mol. The SMILES string of the molecule is CCCc1cc(C2CCCN2C(=O)Nc2sc3c(c2C(=O)OC)CCCC3)no1. The fourth-order valence-corrected chi connectivity index (χ4v) is 5.58. The molecule has 0 spiro atoms. The smallest absolute Gasteiger partial charge is 0.341 e. The van der Waals surface area contributed by atoms with Crippen molar-refractivity contribution < 1.29 is 18.8 Å². The highest BCUT2D eigenvalue weighted by Gasteiger charge is 2.34. The largest absolute Gasteiger partial charge is 0.465 e. The lowest BCUT2D eigenvalue weighted by molar-refractivity contribution is 0.0601. The second kappa shape index (κ2) is 8.57. The van der Waals surface area contributed by atoms with Crippen LogP contribution in [0.15, 0.2) is 10.6 Å². The Labute approximate surface area is 174 Å². The van der Waals surface area contributed by atoms with E-state index in [-0.39, 0.29) is 18.0 Å². The number of fused-ring (bicyclic) bond motifs is 1. The van der Waals surface area contributed by atoms with Gasteiger partial charge in [0.15, 0.2) is 0 Å². The van der Waals surface area contributed by atoms with Crippen molar-refractivity contribution in [3.8, 4) is 0 Å². The van der Waals surface area contributed by atoms with Gasteiger partial charge in [-0.25, -0.2) is 9.59 Å². The van der Waals surface area contributed by atoms with Crippen LogP contribution in [-0.2, 0) is 24.0 Å². The van der Waals surface area contributed by atoms with Crippen molar-refractivity contribution >= 4 is 28.3 Å². The number of carbonyl (C=O) groups excluding carboxylic acids is 2. The molecule has 2 aliphatic rings. The van der Waals surface area contributed by atoms with Crippen LogP contribution in [0.1, 0.15) is 77.3 Å². The molecule has 1 unspecified atom stereocenters. The van der Waals surface area contributed by atoms with Gasteiger partial charge in [0.1, 0.15) is 16.5 Å². The summed E-state index contributed by atoms with van der Waals surface area (Å²) in [5.74, 6) is 0.479. The summed E-state index contributed by atoms with van der Waals surface area (Å²) in [5.41, 5.74) is 2.38. The normalized spacial score (nSPS) is 18.6. The van der Waals surface area contributed by atoms with E-state index in [9.17, 15) is 9.59 Å². The fourth-order valence-electron chi connectivity index (χ4n) is 4.31. The Morgan fingerprint density at radius 2 is 2.17 bits per heavy atom. The van der Waals surface area contributed by atoms with E-state index in [1.807, 2.05) is 6.07 Å². The molecule has 3 heterocycles. The average Bonchev–Trinajstić information content (AvgIpc) is 3.45. The lowest BCUT2D eigenvalue weighted by Gasteiger charge is -2.23. The number of ether oxygens (including phenoxy) is 1. The van der Waals surface area contributed by atoms with Gasteiger partial charge in [-0.1, -0.05) is 12.1 Å². The van der Waals surface area contributed by atoms with E-state index in [1.54, 1.807) is 4.90 Å². The highest BCUT2D eigenvalue weighted by atomic mass is 32.1. The number of thiophene rings is 1. The molecule has 0 radical (unpaired) electrons. The quantitative estimate of drug-likeness (QED) is 0.712. The molecule has 1 saturated heterocycles. The van der Waals surface area contributed by atoms with Gasteiger partial charge < -0.3 is 14.2 Å². The molecule has 2 amide bonds. The minimum atomic E-state index is -0.376. The van der Waals surface area contributed by atoms with Crippen LogP contribution in [0.3, 0.4) is 0 Å². The molecule has 1 fully saturated rings. The molecule has 1 N–H and O–H groups in total. The number of hydrogen-bond donors (Lipinski definition) is 1. The van der Waals surface area contributed by atoms with Crippen molar-refractivity contribution in [2.24, 2.45) is 0 Å². The minimum absolute atomic E-state index is 0.0967. The molecular weight excluding hydrogens is 390 g/mol. The number of aromatic nitrogens is 1. The van der Waals surface area contributed by atoms with E-state index in [1.165, 1.54) is 23.3 Å². The van der Waals surface area contributed by atoms with Crippen LogP contribution in [0.4, 0.5) is 9.80 Å². The number of nitrogens with one attached hydrogen (secondary N) is 1. The third-order valence-corrected chi connectivity index (χ3v) is 6.92. The molecule has 1 atom stereocenters. The monoisotopic (exact) mass is 417 g/mol. The van der Waals surface area contributed by atoms with E-state index in [0.717, 1.165) is 68.4 Å². The molecule has 0 saturated carbocycles. The first-order chi connectivity index (χ1) is 14.1. The topological polar surface area (TPSA) is 84.7 Å². The summed E-state index contributed by atoms with van der Waals surface area (Å²) in [5, 5.41) is 7.81. The van der Waals surface area contributed by atoms with Crippen LogP contribution < -0.4 is 5.32 Å². The predicted octanol–water partition coefficient (Wildman–Crippen LogP) is 4.72. The third kappa shape index (κ3) is 3.90. The van der Waals surface area contributed by atoms with Crippen molar-refractivity contribution in [3.05, 3.63) is 33.5 Å². The summed E-state index contributed by atoms with van der Waals surface area (Å²) >= 11 is 1.51. The van der Waals surface area contributed by atoms with E-state index < -0.39 is 0 Å². The number of carbonyl (C=O) groups is 2. The molecule has 0 bridgehead atoms. The maximum atomic E-state index is 13.1. The second-order valence-electron chi connectivity index (χ2n) is 7.66. The van der Waals surface area contributed by atoms with Crippen LogP contribution >= 0.6 is 11.3 Å². The van der Waals surface area contributed by atoms with E-state index >= 15 is 0 Å². The number of methoxy groups -OCH3 is 1. The lowest BCUT2D eigenvalue weighted by atomic mass is 9.95. The molecule has 29 heavy (non-hydrogen) atoms. The van der Waals surface area contributed by atoms with Gasteiger partial charge in [-0.3, -0.25) is 5.32 Å².